The number of rotatable bonds is 6. The third kappa shape index (κ3) is 11.5. The van der Waals surface area contributed by atoms with Crippen LogP contribution in [-0.2, 0) is 19.3 Å². The Morgan fingerprint density at radius 2 is 2.15 bits per heavy atom. The van der Waals surface area contributed by atoms with Gasteiger partial charge in [0.2, 0.25) is 0 Å². The monoisotopic (exact) mass is 213 g/mol. The van der Waals surface area contributed by atoms with Gasteiger partial charge in [-0.25, -0.2) is 4.18 Å². The molecule has 1 atom stereocenters. The van der Waals surface area contributed by atoms with Crippen LogP contribution in [-0.4, -0.2) is 32.3 Å². The molecule has 0 bridgehead atoms. The Balaban J connectivity index is 0. The fourth-order valence-electron chi connectivity index (χ4n) is 0.553. The lowest BCUT2D eigenvalue weighted by Crippen LogP contribution is -2.20. The van der Waals surface area contributed by atoms with Crippen LogP contribution in [0.2, 0.25) is 0 Å². The summed E-state index contributed by atoms with van der Waals surface area (Å²) in [5.41, 5.74) is 0. The summed E-state index contributed by atoms with van der Waals surface area (Å²) >= 11 is 0. The average Bonchev–Trinajstić information content (AvgIpc) is 1.84. The van der Waals surface area contributed by atoms with Crippen molar-refractivity contribution in [3.05, 3.63) is 12.7 Å². The molecule has 0 spiro atoms. The zero-order valence-electron chi connectivity index (χ0n) is 7.47. The van der Waals surface area contributed by atoms with E-state index in [0.717, 1.165) is 0 Å². The molecular weight excluding hydrogens is 198 g/mol. The van der Waals surface area contributed by atoms with Crippen molar-refractivity contribution in [2.24, 2.45) is 0 Å². The zero-order valence-corrected chi connectivity index (χ0v) is 8.29. The fraction of sp³-hybridized carbons (Fsp3) is 0.667. The van der Waals surface area contributed by atoms with Crippen molar-refractivity contribution in [2.75, 3.05) is 13.2 Å². The van der Waals surface area contributed by atoms with Gasteiger partial charge in [-0.2, -0.15) is 8.42 Å². The summed E-state index contributed by atoms with van der Waals surface area (Å²) in [6.07, 6.45) is 0.833. The minimum Gasteiger partial charge on any atom is -0.375 e. The average molecular weight is 213 g/mol. The Morgan fingerprint density at radius 3 is 2.54 bits per heavy atom. The summed E-state index contributed by atoms with van der Waals surface area (Å²) in [6, 6.07) is 0. The lowest BCUT2D eigenvalue weighted by Gasteiger charge is -2.08. The van der Waals surface area contributed by atoms with Gasteiger partial charge in [0, 0.05) is 0 Å². The van der Waals surface area contributed by atoms with Crippen LogP contribution >= 0.6 is 0 Å². The Labute approximate surface area is 78.1 Å². The maximum atomic E-state index is 10.1. The summed E-state index contributed by atoms with van der Waals surface area (Å²) in [5, 5.41) is 0. The van der Waals surface area contributed by atoms with Gasteiger partial charge in [0.05, 0.1) is 19.3 Å². The molecule has 0 aliphatic rings. The van der Waals surface area contributed by atoms with Crippen molar-refractivity contribution in [1.29, 1.82) is 0 Å². The Bertz CT molecular complexity index is 225. The van der Waals surface area contributed by atoms with E-state index >= 15 is 0 Å². The molecule has 0 saturated heterocycles. The molecular formula is C6H15NO5S. The molecule has 0 aromatic heterocycles. The SMILES string of the molecule is C=CCOCC(C)OS(=O)(=O)O.N. The number of hydrogen-bond acceptors (Lipinski definition) is 5. The third-order valence-electron chi connectivity index (χ3n) is 0.874. The molecule has 0 aromatic rings. The number of ether oxygens (including phenoxy) is 1. The fourth-order valence-corrected chi connectivity index (χ4v) is 1.02. The molecule has 7 heteroatoms. The van der Waals surface area contributed by atoms with Gasteiger partial charge in [-0.05, 0) is 6.92 Å². The maximum absolute atomic E-state index is 10.1. The van der Waals surface area contributed by atoms with Crippen molar-refractivity contribution in [1.82, 2.24) is 6.15 Å². The minimum atomic E-state index is -4.37. The highest BCUT2D eigenvalue weighted by atomic mass is 32.3. The van der Waals surface area contributed by atoms with E-state index in [1.54, 1.807) is 0 Å². The van der Waals surface area contributed by atoms with Crippen molar-refractivity contribution in [3.63, 3.8) is 0 Å². The van der Waals surface area contributed by atoms with Crippen molar-refractivity contribution >= 4 is 10.4 Å². The predicted molar refractivity (Wildman–Crippen MR) is 48.1 cm³/mol. The highest BCUT2D eigenvalue weighted by molar-refractivity contribution is 7.80. The van der Waals surface area contributed by atoms with E-state index in [0.29, 0.717) is 6.61 Å². The van der Waals surface area contributed by atoms with Gasteiger partial charge in [0.15, 0.2) is 0 Å². The summed E-state index contributed by atoms with van der Waals surface area (Å²) in [6.45, 7) is 5.28. The van der Waals surface area contributed by atoms with Crippen LogP contribution in [0.3, 0.4) is 0 Å². The zero-order chi connectivity index (χ0) is 9.61. The van der Waals surface area contributed by atoms with Crippen LogP contribution in [0.4, 0.5) is 0 Å². The van der Waals surface area contributed by atoms with Crippen LogP contribution in [0, 0.1) is 0 Å². The first-order valence-corrected chi connectivity index (χ1v) is 4.66. The summed E-state index contributed by atoms with van der Waals surface area (Å²) in [4.78, 5) is 0. The molecule has 0 amide bonds. The van der Waals surface area contributed by atoms with E-state index in [9.17, 15) is 8.42 Å². The molecule has 0 aliphatic heterocycles. The Morgan fingerprint density at radius 1 is 1.62 bits per heavy atom. The van der Waals surface area contributed by atoms with E-state index in [4.69, 9.17) is 9.29 Å². The van der Waals surface area contributed by atoms with Crippen molar-refractivity contribution in [3.8, 4) is 0 Å². The highest BCUT2D eigenvalue weighted by Crippen LogP contribution is 1.96. The first kappa shape index (κ1) is 15.0. The van der Waals surface area contributed by atoms with Gasteiger partial charge in [0.1, 0.15) is 0 Å². The minimum absolute atomic E-state index is 0. The molecule has 4 N–H and O–H groups in total. The highest BCUT2D eigenvalue weighted by Gasteiger charge is 2.11. The van der Waals surface area contributed by atoms with Gasteiger partial charge < -0.3 is 10.9 Å². The van der Waals surface area contributed by atoms with Gasteiger partial charge in [-0.1, -0.05) is 6.08 Å². The van der Waals surface area contributed by atoms with E-state index in [1.807, 2.05) is 0 Å². The summed E-state index contributed by atoms with van der Waals surface area (Å²) in [7, 11) is -4.37. The van der Waals surface area contributed by atoms with Crippen LogP contribution in [0.1, 0.15) is 6.92 Å². The molecule has 80 valence electrons. The Hall–Kier alpha value is -0.470. The van der Waals surface area contributed by atoms with Crippen LogP contribution in [0.5, 0.6) is 0 Å². The molecule has 0 heterocycles. The first-order valence-electron chi connectivity index (χ1n) is 3.30. The number of hydrogen-bond donors (Lipinski definition) is 2. The normalized spacial score (nSPS) is 13.1. The topological polar surface area (TPSA) is 108 Å². The first-order chi connectivity index (χ1) is 5.45. The molecule has 6 nitrogen and oxygen atoms in total. The molecule has 0 saturated carbocycles. The van der Waals surface area contributed by atoms with E-state index in [2.05, 4.69) is 10.8 Å². The van der Waals surface area contributed by atoms with Gasteiger partial charge >= 0.3 is 10.4 Å². The Kier molecular flexibility index (Phi) is 8.07. The van der Waals surface area contributed by atoms with Crippen LogP contribution < -0.4 is 6.15 Å². The van der Waals surface area contributed by atoms with Crippen LogP contribution in [0.25, 0.3) is 0 Å². The maximum Gasteiger partial charge on any atom is 0.397 e. The lowest BCUT2D eigenvalue weighted by molar-refractivity contribution is 0.0701. The van der Waals surface area contributed by atoms with Gasteiger partial charge in [0.25, 0.3) is 0 Å². The molecule has 0 aromatic carbocycles. The van der Waals surface area contributed by atoms with E-state index in [-0.39, 0.29) is 12.8 Å². The summed E-state index contributed by atoms with van der Waals surface area (Å²) in [5.74, 6) is 0. The summed E-state index contributed by atoms with van der Waals surface area (Å²) < 4.78 is 37.5. The van der Waals surface area contributed by atoms with Gasteiger partial charge in [-0.3, -0.25) is 4.55 Å². The predicted octanol–water partition coefficient (Wildman–Crippen LogP) is 0.559. The molecule has 0 fully saturated rings. The molecule has 13 heavy (non-hydrogen) atoms. The molecule has 0 aliphatic carbocycles. The molecule has 1 unspecified atom stereocenters. The quantitative estimate of drug-likeness (QED) is 0.379. The standard InChI is InChI=1S/C6H12O5S.H3N/c1-3-4-10-5-6(2)11-12(7,8)9;/h3,6H,1,4-5H2,2H3,(H,7,8,9);1H3. The second-order valence-electron chi connectivity index (χ2n) is 2.16. The van der Waals surface area contributed by atoms with Crippen molar-refractivity contribution in [2.45, 2.75) is 13.0 Å². The van der Waals surface area contributed by atoms with E-state index in [1.165, 1.54) is 13.0 Å². The molecule has 0 radical (unpaired) electrons. The smallest absolute Gasteiger partial charge is 0.375 e. The van der Waals surface area contributed by atoms with E-state index < -0.39 is 16.5 Å². The lowest BCUT2D eigenvalue weighted by atomic mass is 10.4. The second-order valence-corrected chi connectivity index (χ2v) is 3.21. The third-order valence-corrected chi connectivity index (χ3v) is 1.45. The van der Waals surface area contributed by atoms with Crippen LogP contribution in [0.15, 0.2) is 12.7 Å². The van der Waals surface area contributed by atoms with Crippen molar-refractivity contribution < 1.29 is 21.9 Å². The largest absolute Gasteiger partial charge is 0.397 e. The molecule has 0 rings (SSSR count). The van der Waals surface area contributed by atoms with Gasteiger partial charge in [-0.15, -0.1) is 6.58 Å². The second kappa shape index (κ2) is 6.98.